The highest BCUT2D eigenvalue weighted by molar-refractivity contribution is 5.98. The maximum absolute atomic E-state index is 13.4. The van der Waals surface area contributed by atoms with Gasteiger partial charge in [0.25, 0.3) is 5.91 Å². The second-order valence-corrected chi connectivity index (χ2v) is 10.2. The molecule has 0 N–H and O–H groups in total. The summed E-state index contributed by atoms with van der Waals surface area (Å²) >= 11 is 0. The smallest absolute Gasteiger partial charge is 0.254 e. The quantitative estimate of drug-likeness (QED) is 0.705. The predicted molar refractivity (Wildman–Crippen MR) is 119 cm³/mol. The average Bonchev–Trinajstić information content (AvgIpc) is 3.13. The molecule has 4 atom stereocenters. The van der Waals surface area contributed by atoms with Crippen LogP contribution in [0.5, 0.6) is 0 Å². The van der Waals surface area contributed by atoms with E-state index in [1.165, 1.54) is 37.8 Å². The van der Waals surface area contributed by atoms with Crippen LogP contribution in [-0.4, -0.2) is 64.8 Å². The summed E-state index contributed by atoms with van der Waals surface area (Å²) in [6.07, 6.45) is 10.5. The van der Waals surface area contributed by atoms with Crippen molar-refractivity contribution in [2.45, 2.75) is 63.6 Å². The van der Waals surface area contributed by atoms with E-state index in [0.29, 0.717) is 37.4 Å². The molecule has 4 heterocycles. The Morgan fingerprint density at radius 3 is 2.90 bits per heavy atom. The van der Waals surface area contributed by atoms with Crippen molar-refractivity contribution in [2.24, 2.45) is 11.8 Å². The molecule has 0 unspecified atom stereocenters. The minimum Gasteiger partial charge on any atom is -0.336 e. The van der Waals surface area contributed by atoms with Gasteiger partial charge in [0.1, 0.15) is 0 Å². The molecule has 2 bridgehead atoms. The maximum Gasteiger partial charge on any atom is 0.254 e. The number of carbonyl (C=O) groups is 2. The molecular weight excluding hydrogens is 386 g/mol. The van der Waals surface area contributed by atoms with Gasteiger partial charge in [-0.15, -0.1) is 0 Å². The fourth-order valence-electron chi connectivity index (χ4n) is 7.12. The number of hydrogen-bond donors (Lipinski definition) is 0. The van der Waals surface area contributed by atoms with Crippen molar-refractivity contribution >= 4 is 11.8 Å². The van der Waals surface area contributed by atoms with E-state index in [1.807, 2.05) is 29.2 Å². The van der Waals surface area contributed by atoms with Crippen molar-refractivity contribution in [3.63, 3.8) is 0 Å². The summed E-state index contributed by atoms with van der Waals surface area (Å²) in [6, 6.07) is 8.86. The normalized spacial score (nSPS) is 32.3. The summed E-state index contributed by atoms with van der Waals surface area (Å²) in [6.45, 7) is 4.43. The molecule has 0 aromatic heterocycles. The molecule has 5 heteroatoms. The molecule has 3 fully saturated rings. The van der Waals surface area contributed by atoms with Gasteiger partial charge in [-0.2, -0.15) is 0 Å². The van der Waals surface area contributed by atoms with Crippen LogP contribution in [0.1, 0.15) is 60.9 Å². The van der Waals surface area contributed by atoms with Crippen molar-refractivity contribution in [3.8, 4) is 0 Å². The Balaban J connectivity index is 1.15. The maximum atomic E-state index is 13.4. The third kappa shape index (κ3) is 3.32. The predicted octanol–water partition coefficient (Wildman–Crippen LogP) is 3.45. The molecular formula is C26H33N3O2. The first-order valence-electron chi connectivity index (χ1n) is 12.3. The molecule has 4 aliphatic heterocycles. The molecule has 2 amide bonds. The van der Waals surface area contributed by atoms with E-state index in [-0.39, 0.29) is 11.8 Å². The molecule has 31 heavy (non-hydrogen) atoms. The van der Waals surface area contributed by atoms with Gasteiger partial charge in [-0.05, 0) is 62.1 Å². The average molecular weight is 420 g/mol. The van der Waals surface area contributed by atoms with Gasteiger partial charge in [-0.1, -0.05) is 36.3 Å². The van der Waals surface area contributed by atoms with Crippen molar-refractivity contribution in [3.05, 3.63) is 47.0 Å². The Kier molecular flexibility index (Phi) is 4.90. The largest absolute Gasteiger partial charge is 0.336 e. The standard InChI is InChI=1S/C26H33N3O2/c30-24(10-13-28-16-19-6-1-2-8-22(19)26(28)31)29-12-5-7-18-14-20-15-21(25(18)29)17-27-11-4-3-9-23(20)27/h1-2,6,8,14,20-21,23,25H,3-5,7,9-13,15-17H2/t20-,21-,23+,25+/m0/s1. The number of nitrogens with zero attached hydrogens (tertiary/aromatic N) is 3. The fourth-order valence-corrected chi connectivity index (χ4v) is 7.12. The summed E-state index contributed by atoms with van der Waals surface area (Å²) in [5, 5.41) is 0. The lowest BCUT2D eigenvalue weighted by Crippen LogP contribution is -2.60. The number of piperidine rings is 3. The Labute approximate surface area is 185 Å². The first-order chi connectivity index (χ1) is 15.2. The van der Waals surface area contributed by atoms with Gasteiger partial charge in [0.15, 0.2) is 0 Å². The van der Waals surface area contributed by atoms with E-state index < -0.39 is 0 Å². The van der Waals surface area contributed by atoms with Gasteiger partial charge < -0.3 is 9.80 Å². The summed E-state index contributed by atoms with van der Waals surface area (Å²) in [7, 11) is 0. The number of rotatable bonds is 3. The zero-order chi connectivity index (χ0) is 20.9. The summed E-state index contributed by atoms with van der Waals surface area (Å²) in [5.41, 5.74) is 3.42. The van der Waals surface area contributed by atoms with Gasteiger partial charge in [0, 0.05) is 44.2 Å². The topological polar surface area (TPSA) is 43.9 Å². The van der Waals surface area contributed by atoms with Crippen LogP contribution in [0.3, 0.4) is 0 Å². The van der Waals surface area contributed by atoms with E-state index in [1.54, 1.807) is 0 Å². The van der Waals surface area contributed by atoms with Gasteiger partial charge in [0.2, 0.25) is 5.91 Å². The first-order valence-corrected chi connectivity index (χ1v) is 12.3. The van der Waals surface area contributed by atoms with Gasteiger partial charge in [-0.25, -0.2) is 0 Å². The van der Waals surface area contributed by atoms with E-state index in [4.69, 9.17) is 0 Å². The van der Waals surface area contributed by atoms with Crippen molar-refractivity contribution < 1.29 is 9.59 Å². The molecule has 6 rings (SSSR count). The number of carbonyl (C=O) groups excluding carboxylic acids is 2. The molecule has 164 valence electrons. The summed E-state index contributed by atoms with van der Waals surface area (Å²) in [5.74, 6) is 1.59. The Bertz CT molecular complexity index is 925. The molecule has 1 aromatic carbocycles. The van der Waals surface area contributed by atoms with Crippen LogP contribution in [0, 0.1) is 11.8 Å². The first kappa shape index (κ1) is 19.5. The molecule has 0 saturated carbocycles. The van der Waals surface area contributed by atoms with Crippen molar-refractivity contribution in [1.82, 2.24) is 14.7 Å². The lowest BCUT2D eigenvalue weighted by Gasteiger charge is -2.54. The van der Waals surface area contributed by atoms with Crippen molar-refractivity contribution in [2.75, 3.05) is 26.2 Å². The molecule has 1 aromatic rings. The summed E-state index contributed by atoms with van der Waals surface area (Å²) < 4.78 is 0. The third-order valence-corrected chi connectivity index (χ3v) is 8.47. The highest BCUT2D eigenvalue weighted by atomic mass is 16.2. The van der Waals surface area contributed by atoms with Crippen LogP contribution in [0.2, 0.25) is 0 Å². The second-order valence-electron chi connectivity index (χ2n) is 10.2. The lowest BCUT2D eigenvalue weighted by molar-refractivity contribution is -0.136. The van der Waals surface area contributed by atoms with E-state index >= 15 is 0 Å². The Morgan fingerprint density at radius 1 is 1.10 bits per heavy atom. The van der Waals surface area contributed by atoms with Crippen LogP contribution in [-0.2, 0) is 11.3 Å². The summed E-state index contributed by atoms with van der Waals surface area (Å²) in [4.78, 5) is 32.8. The zero-order valence-electron chi connectivity index (χ0n) is 18.3. The van der Waals surface area contributed by atoms with E-state index in [2.05, 4.69) is 15.9 Å². The Hall–Kier alpha value is -2.14. The highest BCUT2D eigenvalue weighted by Gasteiger charge is 2.46. The lowest BCUT2D eigenvalue weighted by atomic mass is 9.68. The van der Waals surface area contributed by atoms with Crippen LogP contribution in [0.4, 0.5) is 0 Å². The molecule has 5 aliphatic rings. The highest BCUT2D eigenvalue weighted by Crippen LogP contribution is 2.45. The number of hydrogen-bond acceptors (Lipinski definition) is 3. The van der Waals surface area contributed by atoms with Crippen LogP contribution in [0.25, 0.3) is 0 Å². The van der Waals surface area contributed by atoms with Crippen molar-refractivity contribution in [1.29, 1.82) is 0 Å². The molecule has 5 nitrogen and oxygen atoms in total. The number of fused-ring (bicyclic) bond motifs is 7. The van der Waals surface area contributed by atoms with Crippen LogP contribution in [0.15, 0.2) is 35.9 Å². The van der Waals surface area contributed by atoms with E-state index in [9.17, 15) is 9.59 Å². The molecule has 0 radical (unpaired) electrons. The third-order valence-electron chi connectivity index (χ3n) is 8.47. The van der Waals surface area contributed by atoms with E-state index in [0.717, 1.165) is 43.1 Å². The molecule has 3 saturated heterocycles. The van der Waals surface area contributed by atoms with Crippen LogP contribution >= 0.6 is 0 Å². The fraction of sp³-hybridized carbons (Fsp3) is 0.615. The SMILES string of the molecule is O=C1c2ccccc2CN1CCC(=O)N1CCCC2=C[C@H]3C[C@@H](CN4CCCC[C@H]34)[C@@H]21. The molecule has 1 aliphatic carbocycles. The monoisotopic (exact) mass is 419 g/mol. The number of benzene rings is 1. The van der Waals surface area contributed by atoms with Gasteiger partial charge >= 0.3 is 0 Å². The van der Waals surface area contributed by atoms with Crippen LogP contribution < -0.4 is 0 Å². The zero-order valence-corrected chi connectivity index (χ0v) is 18.3. The van der Waals surface area contributed by atoms with Gasteiger partial charge in [-0.3, -0.25) is 14.5 Å². The number of likely N-dealkylation sites (tertiary alicyclic amines) is 1. The molecule has 0 spiro atoms. The second kappa shape index (κ2) is 7.77. The Morgan fingerprint density at radius 2 is 2.00 bits per heavy atom. The minimum atomic E-state index is 0.0755. The number of amides is 2. The minimum absolute atomic E-state index is 0.0755. The van der Waals surface area contributed by atoms with Gasteiger partial charge in [0.05, 0.1) is 6.04 Å².